The molecule has 0 radical (unpaired) electrons. The average Bonchev–Trinajstić information content (AvgIpc) is 2.69. The molecule has 0 amide bonds. The maximum absolute atomic E-state index is 11.8. The van der Waals surface area contributed by atoms with Gasteiger partial charge in [-0.1, -0.05) is 0 Å². The maximum atomic E-state index is 11.8. The summed E-state index contributed by atoms with van der Waals surface area (Å²) in [7, 11) is 0. The molecule has 0 saturated heterocycles. The number of H-pyrrole nitrogens is 1. The smallest absolute Gasteiger partial charge is 0.170 e. The Bertz CT molecular complexity index is 346. The fourth-order valence-electron chi connectivity index (χ4n) is 2.22. The van der Waals surface area contributed by atoms with E-state index in [0.29, 0.717) is 5.78 Å². The lowest BCUT2D eigenvalue weighted by molar-refractivity contribution is 0.0881. The van der Waals surface area contributed by atoms with E-state index in [2.05, 4.69) is 4.98 Å². The van der Waals surface area contributed by atoms with Crippen LogP contribution >= 0.6 is 0 Å². The summed E-state index contributed by atoms with van der Waals surface area (Å²) in [6.45, 7) is 0. The molecule has 12 heavy (non-hydrogen) atoms. The quantitative estimate of drug-likeness (QED) is 0.619. The van der Waals surface area contributed by atoms with Crippen molar-refractivity contribution in [2.45, 2.75) is 25.7 Å². The number of ketones is 1. The van der Waals surface area contributed by atoms with E-state index in [0.717, 1.165) is 31.2 Å². The van der Waals surface area contributed by atoms with E-state index in [1.54, 1.807) is 0 Å². The van der Waals surface area contributed by atoms with Crippen LogP contribution in [-0.2, 0) is 6.42 Å². The molecule has 1 spiro atoms. The summed E-state index contributed by atoms with van der Waals surface area (Å²) in [6, 6.07) is 0. The van der Waals surface area contributed by atoms with Gasteiger partial charge in [0.1, 0.15) is 0 Å². The number of hydrogen-bond donors (Lipinski definition) is 1. The van der Waals surface area contributed by atoms with Gasteiger partial charge in [-0.25, -0.2) is 0 Å². The van der Waals surface area contributed by atoms with Gasteiger partial charge < -0.3 is 4.98 Å². The first kappa shape index (κ1) is 6.46. The van der Waals surface area contributed by atoms with Gasteiger partial charge in [0.2, 0.25) is 0 Å². The van der Waals surface area contributed by atoms with E-state index < -0.39 is 0 Å². The molecule has 0 atom stereocenters. The highest BCUT2D eigenvalue weighted by Crippen LogP contribution is 2.54. The minimum absolute atomic E-state index is 0.0925. The Hall–Kier alpha value is -1.05. The Morgan fingerprint density at radius 2 is 2.08 bits per heavy atom. The van der Waals surface area contributed by atoms with Gasteiger partial charge in [0, 0.05) is 23.4 Å². The fraction of sp³-hybridized carbons (Fsp3) is 0.500. The molecule has 2 heteroatoms. The van der Waals surface area contributed by atoms with Crippen LogP contribution in [0.25, 0.3) is 0 Å². The largest absolute Gasteiger partial charge is 0.367 e. The molecule has 2 aliphatic carbocycles. The molecule has 0 bridgehead atoms. The summed E-state index contributed by atoms with van der Waals surface area (Å²) >= 11 is 0. The molecular formula is C10H11NO. The predicted octanol–water partition coefficient (Wildman–Crippen LogP) is 1.92. The lowest BCUT2D eigenvalue weighted by atomic mass is 9.82. The van der Waals surface area contributed by atoms with Crippen LogP contribution in [-0.4, -0.2) is 10.8 Å². The Balaban J connectivity index is 2.13. The standard InChI is InChI=1S/C10H11NO/c12-9-8-6-11-5-7(8)1-2-10(9)3-4-10/h5-6,11H,1-4H2. The second kappa shape index (κ2) is 1.82. The van der Waals surface area contributed by atoms with E-state index >= 15 is 0 Å². The first-order valence-electron chi connectivity index (χ1n) is 4.52. The summed E-state index contributed by atoms with van der Waals surface area (Å²) in [5.74, 6) is 0.394. The molecule has 1 aromatic heterocycles. The van der Waals surface area contributed by atoms with Gasteiger partial charge in [0.25, 0.3) is 0 Å². The number of fused-ring (bicyclic) bond motifs is 1. The van der Waals surface area contributed by atoms with Crippen molar-refractivity contribution in [3.8, 4) is 0 Å². The number of rotatable bonds is 0. The van der Waals surface area contributed by atoms with E-state index in [1.807, 2.05) is 12.4 Å². The molecule has 0 aliphatic heterocycles. The Morgan fingerprint density at radius 1 is 1.25 bits per heavy atom. The Morgan fingerprint density at radius 3 is 2.83 bits per heavy atom. The molecule has 1 saturated carbocycles. The van der Waals surface area contributed by atoms with Crippen LogP contribution in [0.15, 0.2) is 12.4 Å². The minimum atomic E-state index is 0.0925. The van der Waals surface area contributed by atoms with Crippen LogP contribution in [0, 0.1) is 5.41 Å². The molecule has 1 aromatic rings. The highest BCUT2D eigenvalue weighted by molar-refractivity contribution is 6.04. The van der Waals surface area contributed by atoms with Crippen LogP contribution in [0.2, 0.25) is 0 Å². The van der Waals surface area contributed by atoms with Crippen molar-refractivity contribution in [1.29, 1.82) is 0 Å². The van der Waals surface area contributed by atoms with Crippen molar-refractivity contribution < 1.29 is 4.79 Å². The molecule has 1 N–H and O–H groups in total. The minimum Gasteiger partial charge on any atom is -0.367 e. The third kappa shape index (κ3) is 0.631. The van der Waals surface area contributed by atoms with Gasteiger partial charge in [-0.2, -0.15) is 0 Å². The van der Waals surface area contributed by atoms with Crippen molar-refractivity contribution in [3.63, 3.8) is 0 Å². The second-order valence-electron chi connectivity index (χ2n) is 4.00. The molecule has 1 heterocycles. The van der Waals surface area contributed by atoms with Crippen molar-refractivity contribution >= 4 is 5.78 Å². The fourth-order valence-corrected chi connectivity index (χ4v) is 2.22. The van der Waals surface area contributed by atoms with Gasteiger partial charge in [-0.3, -0.25) is 4.79 Å². The molecule has 0 unspecified atom stereocenters. The van der Waals surface area contributed by atoms with Crippen LogP contribution in [0.4, 0.5) is 0 Å². The van der Waals surface area contributed by atoms with Crippen molar-refractivity contribution in [1.82, 2.24) is 4.98 Å². The molecule has 2 nitrogen and oxygen atoms in total. The number of Topliss-reactive ketones (excluding diaryl/α,β-unsaturated/α-hetero) is 1. The number of carbonyl (C=O) groups is 1. The van der Waals surface area contributed by atoms with E-state index in [1.165, 1.54) is 5.56 Å². The van der Waals surface area contributed by atoms with Crippen LogP contribution in [0.3, 0.4) is 0 Å². The third-order valence-electron chi connectivity index (χ3n) is 3.28. The van der Waals surface area contributed by atoms with Crippen molar-refractivity contribution in [2.24, 2.45) is 5.41 Å². The maximum Gasteiger partial charge on any atom is 0.170 e. The molecule has 0 aromatic carbocycles. The molecular weight excluding hydrogens is 150 g/mol. The summed E-state index contributed by atoms with van der Waals surface area (Å²) in [4.78, 5) is 14.9. The number of nitrogens with one attached hydrogen (secondary N) is 1. The van der Waals surface area contributed by atoms with Crippen molar-refractivity contribution in [2.75, 3.05) is 0 Å². The lowest BCUT2D eigenvalue weighted by Crippen LogP contribution is -2.22. The average molecular weight is 161 g/mol. The first-order valence-corrected chi connectivity index (χ1v) is 4.52. The predicted molar refractivity (Wildman–Crippen MR) is 45.1 cm³/mol. The number of aryl methyl sites for hydroxylation is 1. The molecule has 62 valence electrons. The summed E-state index contributed by atoms with van der Waals surface area (Å²) < 4.78 is 0. The van der Waals surface area contributed by atoms with Crippen LogP contribution < -0.4 is 0 Å². The number of carbonyl (C=O) groups excluding carboxylic acids is 1. The van der Waals surface area contributed by atoms with Gasteiger partial charge in [0.05, 0.1) is 0 Å². The van der Waals surface area contributed by atoms with Crippen LogP contribution in [0.5, 0.6) is 0 Å². The molecule has 2 aliphatic rings. The zero-order chi connectivity index (χ0) is 8.18. The van der Waals surface area contributed by atoms with E-state index in [9.17, 15) is 4.79 Å². The van der Waals surface area contributed by atoms with Gasteiger partial charge in [-0.15, -0.1) is 0 Å². The van der Waals surface area contributed by atoms with Gasteiger partial charge in [0.15, 0.2) is 5.78 Å². The Labute approximate surface area is 71.0 Å². The molecule has 1 fully saturated rings. The third-order valence-corrected chi connectivity index (χ3v) is 3.28. The highest BCUT2D eigenvalue weighted by atomic mass is 16.1. The normalized spacial score (nSPS) is 24.2. The SMILES string of the molecule is O=C1c2c[nH]cc2CCC12CC2. The van der Waals surface area contributed by atoms with E-state index in [4.69, 9.17) is 0 Å². The summed E-state index contributed by atoms with van der Waals surface area (Å²) in [5, 5.41) is 0. The van der Waals surface area contributed by atoms with Crippen LogP contribution in [0.1, 0.15) is 35.2 Å². The lowest BCUT2D eigenvalue weighted by Gasteiger charge is -2.19. The number of hydrogen-bond acceptors (Lipinski definition) is 1. The van der Waals surface area contributed by atoms with Gasteiger partial charge in [-0.05, 0) is 31.2 Å². The second-order valence-corrected chi connectivity index (χ2v) is 4.00. The first-order chi connectivity index (χ1) is 5.82. The Kier molecular flexibility index (Phi) is 0.978. The highest BCUT2D eigenvalue weighted by Gasteiger charge is 2.51. The van der Waals surface area contributed by atoms with E-state index in [-0.39, 0.29) is 5.41 Å². The monoisotopic (exact) mass is 161 g/mol. The zero-order valence-corrected chi connectivity index (χ0v) is 6.89. The summed E-state index contributed by atoms with van der Waals surface area (Å²) in [5.41, 5.74) is 2.27. The zero-order valence-electron chi connectivity index (χ0n) is 6.89. The molecule has 3 rings (SSSR count). The van der Waals surface area contributed by atoms with Gasteiger partial charge >= 0.3 is 0 Å². The van der Waals surface area contributed by atoms with Crippen molar-refractivity contribution in [3.05, 3.63) is 23.5 Å². The number of aromatic amines is 1. The number of aromatic nitrogens is 1. The topological polar surface area (TPSA) is 32.9 Å². The summed E-state index contributed by atoms with van der Waals surface area (Å²) in [6.07, 6.45) is 8.23.